The number of benzene rings is 2. The Morgan fingerprint density at radius 2 is 1.90 bits per heavy atom. The number of pyridine rings is 1. The molecule has 1 heterocycles. The first kappa shape index (κ1) is 13.8. The van der Waals surface area contributed by atoms with Crippen molar-refractivity contribution in [1.82, 2.24) is 4.98 Å². The first-order valence-corrected chi connectivity index (χ1v) is 7.21. The van der Waals surface area contributed by atoms with Crippen LogP contribution in [-0.4, -0.2) is 18.1 Å². The number of hydrogen-bond acceptors (Lipinski definition) is 3. The molecule has 0 aliphatic heterocycles. The Balaban J connectivity index is 2.19. The molecule has 0 fully saturated rings. The largest absolute Gasteiger partial charge is 0.465 e. The van der Waals surface area contributed by atoms with Crippen molar-refractivity contribution in [3.63, 3.8) is 0 Å². The smallest absolute Gasteiger partial charge is 0.338 e. The van der Waals surface area contributed by atoms with Gasteiger partial charge >= 0.3 is 5.97 Å². The summed E-state index contributed by atoms with van der Waals surface area (Å²) in [6.45, 7) is 0. The number of esters is 1. The van der Waals surface area contributed by atoms with E-state index >= 15 is 0 Å². The summed E-state index contributed by atoms with van der Waals surface area (Å²) in [6, 6.07) is 15.4. The van der Waals surface area contributed by atoms with Crippen LogP contribution in [0.3, 0.4) is 0 Å². The Bertz CT molecular complexity index is 830. The molecule has 0 saturated heterocycles. The lowest BCUT2D eigenvalue weighted by molar-refractivity contribution is 0.0601. The van der Waals surface area contributed by atoms with Crippen LogP contribution in [0, 0.1) is 0 Å². The number of nitrogens with zero attached hydrogens (tertiary/aromatic N) is 1. The van der Waals surface area contributed by atoms with Crippen molar-refractivity contribution in [3.05, 3.63) is 64.9 Å². The van der Waals surface area contributed by atoms with E-state index in [0.29, 0.717) is 5.56 Å². The molecule has 2 aromatic carbocycles. The van der Waals surface area contributed by atoms with Gasteiger partial charge in [0.15, 0.2) is 0 Å². The van der Waals surface area contributed by atoms with E-state index in [-0.39, 0.29) is 5.97 Å². The summed E-state index contributed by atoms with van der Waals surface area (Å²) in [5.41, 5.74) is 2.40. The SMILES string of the molecule is COC(=O)c1ccccc1-c1ccc2cnc(Br)cc2c1. The van der Waals surface area contributed by atoms with Gasteiger partial charge < -0.3 is 4.74 Å². The average Bonchev–Trinajstić information content (AvgIpc) is 2.53. The topological polar surface area (TPSA) is 39.2 Å². The van der Waals surface area contributed by atoms with E-state index in [2.05, 4.69) is 20.9 Å². The normalized spacial score (nSPS) is 10.6. The van der Waals surface area contributed by atoms with Crippen LogP contribution in [0.4, 0.5) is 0 Å². The second kappa shape index (κ2) is 5.66. The summed E-state index contributed by atoms with van der Waals surface area (Å²) in [6.07, 6.45) is 1.81. The Hall–Kier alpha value is -2.20. The molecule has 4 heteroatoms. The molecular formula is C17H12BrNO2. The maximum atomic E-state index is 11.9. The van der Waals surface area contributed by atoms with Gasteiger partial charge in [-0.3, -0.25) is 0 Å². The molecule has 0 bridgehead atoms. The minimum Gasteiger partial charge on any atom is -0.465 e. The van der Waals surface area contributed by atoms with Crippen LogP contribution in [0.5, 0.6) is 0 Å². The van der Waals surface area contributed by atoms with Crippen molar-refractivity contribution >= 4 is 32.7 Å². The maximum Gasteiger partial charge on any atom is 0.338 e. The third-order valence-electron chi connectivity index (χ3n) is 3.33. The van der Waals surface area contributed by atoms with Crippen LogP contribution in [0.2, 0.25) is 0 Å². The average molecular weight is 342 g/mol. The number of carbonyl (C=O) groups is 1. The van der Waals surface area contributed by atoms with E-state index < -0.39 is 0 Å². The third kappa shape index (κ3) is 2.67. The van der Waals surface area contributed by atoms with E-state index in [1.54, 1.807) is 6.07 Å². The molecule has 3 rings (SSSR count). The second-order valence-corrected chi connectivity index (χ2v) is 5.42. The molecule has 0 aliphatic rings. The van der Waals surface area contributed by atoms with Crippen molar-refractivity contribution < 1.29 is 9.53 Å². The molecule has 0 amide bonds. The molecule has 0 radical (unpaired) electrons. The van der Waals surface area contributed by atoms with Gasteiger partial charge in [-0.05, 0) is 50.6 Å². The summed E-state index contributed by atoms with van der Waals surface area (Å²) in [5.74, 6) is -0.332. The van der Waals surface area contributed by atoms with Crippen LogP contribution in [0.15, 0.2) is 59.3 Å². The predicted octanol–water partition coefficient (Wildman–Crippen LogP) is 4.45. The van der Waals surface area contributed by atoms with Crippen LogP contribution in [0.25, 0.3) is 21.9 Å². The number of fused-ring (bicyclic) bond motifs is 1. The first-order chi connectivity index (χ1) is 10.2. The van der Waals surface area contributed by atoms with Crippen molar-refractivity contribution in [2.45, 2.75) is 0 Å². The van der Waals surface area contributed by atoms with E-state index in [0.717, 1.165) is 26.5 Å². The quantitative estimate of drug-likeness (QED) is 0.510. The van der Waals surface area contributed by atoms with Gasteiger partial charge in [0.25, 0.3) is 0 Å². The van der Waals surface area contributed by atoms with E-state index in [1.165, 1.54) is 7.11 Å². The molecule has 0 aliphatic carbocycles. The zero-order valence-electron chi connectivity index (χ0n) is 11.3. The molecule has 3 aromatic rings. The highest BCUT2D eigenvalue weighted by Crippen LogP contribution is 2.28. The zero-order valence-corrected chi connectivity index (χ0v) is 12.9. The van der Waals surface area contributed by atoms with Crippen LogP contribution in [-0.2, 0) is 4.74 Å². The molecule has 0 saturated carbocycles. The number of hydrogen-bond donors (Lipinski definition) is 0. The van der Waals surface area contributed by atoms with Gasteiger partial charge in [-0.2, -0.15) is 0 Å². The van der Waals surface area contributed by atoms with Gasteiger partial charge in [0.05, 0.1) is 12.7 Å². The van der Waals surface area contributed by atoms with Crippen molar-refractivity contribution in [1.29, 1.82) is 0 Å². The van der Waals surface area contributed by atoms with E-state index in [1.807, 2.05) is 48.7 Å². The van der Waals surface area contributed by atoms with Crippen LogP contribution >= 0.6 is 15.9 Å². The molecule has 3 nitrogen and oxygen atoms in total. The second-order valence-electron chi connectivity index (χ2n) is 4.61. The summed E-state index contributed by atoms with van der Waals surface area (Å²) in [5, 5.41) is 2.12. The van der Waals surface area contributed by atoms with Crippen molar-refractivity contribution in [2.24, 2.45) is 0 Å². The summed E-state index contributed by atoms with van der Waals surface area (Å²) in [7, 11) is 1.39. The molecule has 0 spiro atoms. The third-order valence-corrected chi connectivity index (χ3v) is 3.77. The Morgan fingerprint density at radius 1 is 1.10 bits per heavy atom. The summed E-state index contributed by atoms with van der Waals surface area (Å²) < 4.78 is 5.63. The lowest BCUT2D eigenvalue weighted by Gasteiger charge is -2.09. The Labute approximate surface area is 130 Å². The summed E-state index contributed by atoms with van der Waals surface area (Å²) in [4.78, 5) is 16.1. The van der Waals surface area contributed by atoms with E-state index in [9.17, 15) is 4.79 Å². The molecular weight excluding hydrogens is 330 g/mol. The fraction of sp³-hybridized carbons (Fsp3) is 0.0588. The Morgan fingerprint density at radius 3 is 2.71 bits per heavy atom. The fourth-order valence-corrected chi connectivity index (χ4v) is 2.65. The lowest BCUT2D eigenvalue weighted by atomic mass is 9.98. The van der Waals surface area contributed by atoms with Crippen LogP contribution < -0.4 is 0 Å². The molecule has 1 aromatic heterocycles. The highest BCUT2D eigenvalue weighted by atomic mass is 79.9. The molecule has 0 N–H and O–H groups in total. The standard InChI is InChI=1S/C17H12BrNO2/c1-21-17(20)15-5-3-2-4-14(15)11-6-7-12-10-19-16(18)9-13(12)8-11/h2-10H,1H3. The minimum atomic E-state index is -0.332. The molecule has 21 heavy (non-hydrogen) atoms. The monoisotopic (exact) mass is 341 g/mol. The number of carbonyl (C=O) groups excluding carboxylic acids is 1. The molecule has 0 unspecified atom stereocenters. The first-order valence-electron chi connectivity index (χ1n) is 6.42. The number of rotatable bonds is 2. The van der Waals surface area contributed by atoms with Gasteiger partial charge in [-0.1, -0.05) is 30.3 Å². The Kier molecular flexibility index (Phi) is 3.71. The highest BCUT2D eigenvalue weighted by molar-refractivity contribution is 9.10. The van der Waals surface area contributed by atoms with E-state index in [4.69, 9.17) is 4.74 Å². The van der Waals surface area contributed by atoms with Gasteiger partial charge in [0.2, 0.25) is 0 Å². The highest BCUT2D eigenvalue weighted by Gasteiger charge is 2.12. The van der Waals surface area contributed by atoms with Crippen molar-refractivity contribution in [3.8, 4) is 11.1 Å². The van der Waals surface area contributed by atoms with Gasteiger partial charge in [0, 0.05) is 11.6 Å². The van der Waals surface area contributed by atoms with Crippen LogP contribution in [0.1, 0.15) is 10.4 Å². The number of ether oxygens (including phenoxy) is 1. The fourth-order valence-electron chi connectivity index (χ4n) is 2.30. The number of halogens is 1. The lowest BCUT2D eigenvalue weighted by Crippen LogP contribution is -2.03. The maximum absolute atomic E-state index is 11.9. The number of methoxy groups -OCH3 is 1. The zero-order chi connectivity index (χ0) is 14.8. The molecule has 104 valence electrons. The van der Waals surface area contributed by atoms with Gasteiger partial charge in [0.1, 0.15) is 4.60 Å². The summed E-state index contributed by atoms with van der Waals surface area (Å²) >= 11 is 3.38. The van der Waals surface area contributed by atoms with Gasteiger partial charge in [-0.15, -0.1) is 0 Å². The van der Waals surface area contributed by atoms with Crippen molar-refractivity contribution in [2.75, 3.05) is 7.11 Å². The number of aromatic nitrogens is 1. The van der Waals surface area contributed by atoms with Gasteiger partial charge in [-0.25, -0.2) is 9.78 Å². The minimum absolute atomic E-state index is 0.332. The molecule has 0 atom stereocenters. The predicted molar refractivity (Wildman–Crippen MR) is 86.2 cm³/mol.